The summed E-state index contributed by atoms with van der Waals surface area (Å²) in [6.45, 7) is 4.13. The van der Waals surface area contributed by atoms with E-state index in [0.717, 1.165) is 6.54 Å². The third-order valence-corrected chi connectivity index (χ3v) is 3.87. The van der Waals surface area contributed by atoms with Gasteiger partial charge in [-0.2, -0.15) is 0 Å². The third kappa shape index (κ3) is 5.67. The van der Waals surface area contributed by atoms with E-state index in [1.807, 2.05) is 18.4 Å². The second-order valence-electron chi connectivity index (χ2n) is 4.59. The molecule has 5 nitrogen and oxygen atoms in total. The molecule has 124 valence electrons. The summed E-state index contributed by atoms with van der Waals surface area (Å²) in [7, 11) is 0. The monoisotopic (exact) mass is 353 g/mol. The van der Waals surface area contributed by atoms with Crippen LogP contribution in [0.5, 0.6) is 0 Å². The number of benzene rings is 1. The van der Waals surface area contributed by atoms with E-state index in [1.165, 1.54) is 11.3 Å². The Morgan fingerprint density at radius 1 is 1.04 bits per heavy atom. The number of anilines is 1. The molecule has 0 radical (unpaired) electrons. The van der Waals surface area contributed by atoms with Gasteiger partial charge >= 0.3 is 0 Å². The second-order valence-corrected chi connectivity index (χ2v) is 5.53. The van der Waals surface area contributed by atoms with E-state index >= 15 is 0 Å². The number of hydrogen-bond donors (Lipinski definition) is 3. The maximum atomic E-state index is 12.2. The SMILES string of the molecule is CCNCCNC(=O)c1ccccc1NC(=O)c1cccs1.Cl. The summed E-state index contributed by atoms with van der Waals surface area (Å²) in [4.78, 5) is 24.9. The van der Waals surface area contributed by atoms with Gasteiger partial charge in [0.15, 0.2) is 0 Å². The van der Waals surface area contributed by atoms with Crippen LogP contribution in [0.3, 0.4) is 0 Å². The van der Waals surface area contributed by atoms with Gasteiger partial charge in [0.05, 0.1) is 16.1 Å². The van der Waals surface area contributed by atoms with E-state index in [9.17, 15) is 9.59 Å². The molecule has 0 saturated heterocycles. The number of nitrogens with one attached hydrogen (secondary N) is 3. The van der Waals surface area contributed by atoms with Gasteiger partial charge in [0.25, 0.3) is 11.8 Å². The van der Waals surface area contributed by atoms with Crippen molar-refractivity contribution in [3.8, 4) is 0 Å². The molecule has 0 atom stereocenters. The van der Waals surface area contributed by atoms with E-state index in [1.54, 1.807) is 30.3 Å². The van der Waals surface area contributed by atoms with Crippen molar-refractivity contribution < 1.29 is 9.59 Å². The summed E-state index contributed by atoms with van der Waals surface area (Å²) in [6.07, 6.45) is 0. The molecular weight excluding hydrogens is 334 g/mol. The molecule has 2 aromatic rings. The van der Waals surface area contributed by atoms with Crippen LogP contribution in [0.15, 0.2) is 41.8 Å². The Morgan fingerprint density at radius 3 is 2.52 bits per heavy atom. The highest BCUT2D eigenvalue weighted by atomic mass is 35.5. The van der Waals surface area contributed by atoms with Crippen molar-refractivity contribution in [2.45, 2.75) is 6.92 Å². The molecule has 1 heterocycles. The molecule has 23 heavy (non-hydrogen) atoms. The molecule has 1 aromatic heterocycles. The van der Waals surface area contributed by atoms with E-state index in [0.29, 0.717) is 29.2 Å². The number of likely N-dealkylation sites (N-methyl/N-ethyl adjacent to an activating group) is 1. The maximum absolute atomic E-state index is 12.2. The summed E-state index contributed by atoms with van der Waals surface area (Å²) in [6, 6.07) is 10.6. The first kappa shape index (κ1) is 19.2. The van der Waals surface area contributed by atoms with Crippen molar-refractivity contribution in [3.05, 3.63) is 52.2 Å². The van der Waals surface area contributed by atoms with Crippen molar-refractivity contribution in [1.29, 1.82) is 0 Å². The number of amides is 2. The van der Waals surface area contributed by atoms with Crippen molar-refractivity contribution in [2.75, 3.05) is 25.0 Å². The first-order valence-corrected chi connectivity index (χ1v) is 8.03. The molecule has 0 aliphatic carbocycles. The standard InChI is InChI=1S/C16H19N3O2S.ClH/c1-2-17-9-10-18-15(20)12-6-3-4-7-13(12)19-16(21)14-8-5-11-22-14;/h3-8,11,17H,2,9-10H2,1H3,(H,18,20)(H,19,21);1H. The molecule has 0 saturated carbocycles. The maximum Gasteiger partial charge on any atom is 0.265 e. The minimum absolute atomic E-state index is 0. The molecular formula is C16H20ClN3O2S. The summed E-state index contributed by atoms with van der Waals surface area (Å²) >= 11 is 1.36. The molecule has 0 bridgehead atoms. The van der Waals surface area contributed by atoms with Crippen LogP contribution in [-0.4, -0.2) is 31.4 Å². The minimum Gasteiger partial charge on any atom is -0.351 e. The number of carbonyl (C=O) groups excluding carboxylic acids is 2. The number of hydrogen-bond acceptors (Lipinski definition) is 4. The molecule has 2 rings (SSSR count). The zero-order valence-corrected chi connectivity index (χ0v) is 14.4. The number of para-hydroxylation sites is 1. The molecule has 7 heteroatoms. The lowest BCUT2D eigenvalue weighted by Crippen LogP contribution is -2.32. The molecule has 1 aromatic carbocycles. The van der Waals surface area contributed by atoms with Gasteiger partial charge in [-0.1, -0.05) is 25.1 Å². The Hall–Kier alpha value is -1.89. The summed E-state index contributed by atoms with van der Waals surface area (Å²) in [5, 5.41) is 10.6. The fraction of sp³-hybridized carbons (Fsp3) is 0.250. The summed E-state index contributed by atoms with van der Waals surface area (Å²) in [5.41, 5.74) is 0.978. The fourth-order valence-corrected chi connectivity index (χ4v) is 2.54. The van der Waals surface area contributed by atoms with Crippen LogP contribution in [0.2, 0.25) is 0 Å². The van der Waals surface area contributed by atoms with Crippen LogP contribution in [0.25, 0.3) is 0 Å². The van der Waals surface area contributed by atoms with Gasteiger partial charge in [0, 0.05) is 13.1 Å². The average molecular weight is 354 g/mol. The van der Waals surface area contributed by atoms with Crippen molar-refractivity contribution in [1.82, 2.24) is 10.6 Å². The van der Waals surface area contributed by atoms with Crippen LogP contribution in [0, 0.1) is 0 Å². The van der Waals surface area contributed by atoms with Crippen molar-refractivity contribution in [2.24, 2.45) is 0 Å². The smallest absolute Gasteiger partial charge is 0.265 e. The van der Waals surface area contributed by atoms with Gasteiger partial charge in [-0.15, -0.1) is 23.7 Å². The van der Waals surface area contributed by atoms with E-state index in [2.05, 4.69) is 16.0 Å². The fourth-order valence-electron chi connectivity index (χ4n) is 1.92. The molecule has 0 unspecified atom stereocenters. The predicted octanol–water partition coefficient (Wildman–Crippen LogP) is 2.76. The Labute approximate surface area is 145 Å². The van der Waals surface area contributed by atoms with Gasteiger partial charge in [0.2, 0.25) is 0 Å². The van der Waals surface area contributed by atoms with Crippen LogP contribution >= 0.6 is 23.7 Å². The highest BCUT2D eigenvalue weighted by molar-refractivity contribution is 7.12. The lowest BCUT2D eigenvalue weighted by Gasteiger charge is -2.11. The Morgan fingerprint density at radius 2 is 1.83 bits per heavy atom. The molecule has 0 spiro atoms. The van der Waals surface area contributed by atoms with Gasteiger partial charge in [-0.25, -0.2) is 0 Å². The zero-order chi connectivity index (χ0) is 15.8. The van der Waals surface area contributed by atoms with Crippen LogP contribution < -0.4 is 16.0 Å². The van der Waals surface area contributed by atoms with Gasteiger partial charge in [0.1, 0.15) is 0 Å². The molecule has 0 aliphatic rings. The quantitative estimate of drug-likeness (QED) is 0.670. The molecule has 0 fully saturated rings. The summed E-state index contributed by atoms with van der Waals surface area (Å²) < 4.78 is 0. The lowest BCUT2D eigenvalue weighted by atomic mass is 10.1. The van der Waals surface area contributed by atoms with Crippen molar-refractivity contribution >= 4 is 41.2 Å². The molecule has 2 amide bonds. The van der Waals surface area contributed by atoms with Crippen LogP contribution in [0.1, 0.15) is 27.0 Å². The Kier molecular flexibility index (Phi) is 8.32. The van der Waals surface area contributed by atoms with E-state index < -0.39 is 0 Å². The summed E-state index contributed by atoms with van der Waals surface area (Å²) in [5.74, 6) is -0.400. The zero-order valence-electron chi connectivity index (χ0n) is 12.8. The Bertz CT molecular complexity index is 632. The number of carbonyl (C=O) groups is 2. The number of thiophene rings is 1. The van der Waals surface area contributed by atoms with Crippen LogP contribution in [0.4, 0.5) is 5.69 Å². The van der Waals surface area contributed by atoms with Gasteiger partial charge < -0.3 is 16.0 Å². The van der Waals surface area contributed by atoms with Crippen LogP contribution in [-0.2, 0) is 0 Å². The van der Waals surface area contributed by atoms with Gasteiger partial charge in [-0.05, 0) is 30.1 Å². The third-order valence-electron chi connectivity index (χ3n) is 3.00. The van der Waals surface area contributed by atoms with Gasteiger partial charge in [-0.3, -0.25) is 9.59 Å². The lowest BCUT2D eigenvalue weighted by molar-refractivity contribution is 0.0955. The second kappa shape index (κ2) is 9.99. The highest BCUT2D eigenvalue weighted by Crippen LogP contribution is 2.17. The van der Waals surface area contributed by atoms with E-state index in [4.69, 9.17) is 0 Å². The normalized spacial score (nSPS) is 9.78. The topological polar surface area (TPSA) is 70.2 Å². The highest BCUT2D eigenvalue weighted by Gasteiger charge is 2.14. The largest absolute Gasteiger partial charge is 0.351 e. The van der Waals surface area contributed by atoms with Crippen molar-refractivity contribution in [3.63, 3.8) is 0 Å². The number of halogens is 1. The predicted molar refractivity (Wildman–Crippen MR) is 96.8 cm³/mol. The minimum atomic E-state index is -0.206. The molecule has 3 N–H and O–H groups in total. The molecule has 0 aliphatic heterocycles. The first-order valence-electron chi connectivity index (χ1n) is 7.15. The Balaban J connectivity index is 0.00000264. The first-order chi connectivity index (χ1) is 10.7. The number of rotatable bonds is 7. The average Bonchev–Trinajstić information content (AvgIpc) is 3.06. The van der Waals surface area contributed by atoms with E-state index in [-0.39, 0.29) is 24.2 Å².